The smallest absolute Gasteiger partial charge is 0.264 e. The molecule has 1 aliphatic heterocycles. The second-order valence-electron chi connectivity index (χ2n) is 6.62. The van der Waals surface area contributed by atoms with Gasteiger partial charge in [-0.2, -0.15) is 0 Å². The highest BCUT2D eigenvalue weighted by Gasteiger charge is 2.24. The van der Waals surface area contributed by atoms with Crippen LogP contribution < -0.4 is 10.6 Å². The Balaban J connectivity index is 1.44. The van der Waals surface area contributed by atoms with E-state index in [-0.39, 0.29) is 24.3 Å². The van der Waals surface area contributed by atoms with E-state index >= 15 is 0 Å². The van der Waals surface area contributed by atoms with Crippen molar-refractivity contribution in [2.75, 3.05) is 38.0 Å². The summed E-state index contributed by atoms with van der Waals surface area (Å²) >= 11 is 1.39. The van der Waals surface area contributed by atoms with Crippen LogP contribution in [0.5, 0.6) is 0 Å². The van der Waals surface area contributed by atoms with Crippen LogP contribution >= 0.6 is 11.3 Å². The van der Waals surface area contributed by atoms with Gasteiger partial charge in [-0.3, -0.25) is 19.3 Å². The lowest BCUT2D eigenvalue weighted by Gasteiger charge is -2.34. The summed E-state index contributed by atoms with van der Waals surface area (Å²) in [4.78, 5) is 41.1. The molecule has 1 aliphatic rings. The Morgan fingerprint density at radius 2 is 1.96 bits per heavy atom. The van der Waals surface area contributed by atoms with Crippen LogP contribution in [0.2, 0.25) is 0 Å². The van der Waals surface area contributed by atoms with Gasteiger partial charge in [0, 0.05) is 44.0 Å². The van der Waals surface area contributed by atoms with Crippen molar-refractivity contribution >= 4 is 34.9 Å². The number of nitrogens with one attached hydrogen (secondary N) is 2. The highest BCUT2D eigenvalue weighted by molar-refractivity contribution is 7.14. The highest BCUT2D eigenvalue weighted by atomic mass is 32.1. The fraction of sp³-hybridized carbons (Fsp3) is 0.444. The molecule has 1 fully saturated rings. The van der Waals surface area contributed by atoms with Crippen LogP contribution in [-0.4, -0.2) is 65.4 Å². The third-order valence-corrected chi connectivity index (χ3v) is 5.38. The van der Waals surface area contributed by atoms with Gasteiger partial charge in [0.25, 0.3) is 5.91 Å². The minimum atomic E-state index is -0.158. The first-order chi connectivity index (χ1) is 13.4. The number of hydrogen-bond acceptors (Lipinski definition) is 7. The molecule has 0 aliphatic carbocycles. The van der Waals surface area contributed by atoms with Crippen LogP contribution in [0.15, 0.2) is 22.7 Å². The minimum Gasteiger partial charge on any atom is -0.360 e. The highest BCUT2D eigenvalue weighted by Crippen LogP contribution is 2.19. The molecule has 0 atom stereocenters. The Morgan fingerprint density at radius 3 is 2.61 bits per heavy atom. The maximum absolute atomic E-state index is 12.7. The van der Waals surface area contributed by atoms with Crippen LogP contribution in [0.1, 0.15) is 27.2 Å². The van der Waals surface area contributed by atoms with E-state index in [4.69, 9.17) is 4.52 Å². The van der Waals surface area contributed by atoms with Crippen molar-refractivity contribution in [1.29, 1.82) is 0 Å². The Bertz CT molecular complexity index is 854. The van der Waals surface area contributed by atoms with Crippen LogP contribution in [0.3, 0.4) is 0 Å². The molecule has 28 heavy (non-hydrogen) atoms. The van der Waals surface area contributed by atoms with Gasteiger partial charge < -0.3 is 20.1 Å². The SMILES string of the molecule is CC(=O)NCc1ccc(C(=O)N2CCN(CC(=O)Nc3cc(C)on3)CC2)s1. The molecule has 0 bridgehead atoms. The van der Waals surface area contributed by atoms with Crippen molar-refractivity contribution in [3.63, 3.8) is 0 Å². The lowest BCUT2D eigenvalue weighted by Crippen LogP contribution is -2.50. The average molecular weight is 405 g/mol. The van der Waals surface area contributed by atoms with Crippen LogP contribution in [0.25, 0.3) is 0 Å². The molecule has 150 valence electrons. The lowest BCUT2D eigenvalue weighted by molar-refractivity contribution is -0.119. The third kappa shape index (κ3) is 5.40. The van der Waals surface area contributed by atoms with Gasteiger partial charge in [-0.05, 0) is 19.1 Å². The van der Waals surface area contributed by atoms with Crippen molar-refractivity contribution in [3.8, 4) is 0 Å². The number of thiophene rings is 1. The molecule has 1 saturated heterocycles. The first-order valence-corrected chi connectivity index (χ1v) is 9.80. The maximum Gasteiger partial charge on any atom is 0.264 e. The molecule has 0 saturated carbocycles. The van der Waals surface area contributed by atoms with E-state index in [0.29, 0.717) is 49.2 Å². The number of piperazine rings is 1. The first kappa shape index (κ1) is 20.0. The normalized spacial score (nSPS) is 14.7. The van der Waals surface area contributed by atoms with E-state index in [2.05, 4.69) is 15.8 Å². The van der Waals surface area contributed by atoms with Crippen molar-refractivity contribution in [2.45, 2.75) is 20.4 Å². The summed E-state index contributed by atoms with van der Waals surface area (Å²) in [7, 11) is 0. The summed E-state index contributed by atoms with van der Waals surface area (Å²) in [5.41, 5.74) is 0. The number of rotatable bonds is 6. The minimum absolute atomic E-state index is 0.0127. The van der Waals surface area contributed by atoms with Crippen molar-refractivity contribution in [2.24, 2.45) is 0 Å². The zero-order valence-corrected chi connectivity index (χ0v) is 16.7. The number of aromatic nitrogens is 1. The molecular formula is C18H23N5O4S. The predicted octanol–water partition coefficient (Wildman–Crippen LogP) is 1.08. The maximum atomic E-state index is 12.7. The number of nitrogens with zero attached hydrogens (tertiary/aromatic N) is 3. The molecule has 3 heterocycles. The number of hydrogen-bond donors (Lipinski definition) is 2. The van der Waals surface area contributed by atoms with Gasteiger partial charge in [0.05, 0.1) is 18.0 Å². The zero-order chi connectivity index (χ0) is 20.1. The molecule has 3 amide bonds. The van der Waals surface area contributed by atoms with E-state index < -0.39 is 0 Å². The van der Waals surface area contributed by atoms with Gasteiger partial charge in [0.1, 0.15) is 5.76 Å². The quantitative estimate of drug-likeness (QED) is 0.745. The predicted molar refractivity (Wildman–Crippen MR) is 104 cm³/mol. The number of amides is 3. The molecule has 2 aromatic heterocycles. The van der Waals surface area contributed by atoms with Gasteiger partial charge >= 0.3 is 0 Å². The van der Waals surface area contributed by atoms with Gasteiger partial charge in [-0.15, -0.1) is 11.3 Å². The molecule has 0 spiro atoms. The number of carbonyl (C=O) groups is 3. The molecule has 2 N–H and O–H groups in total. The summed E-state index contributed by atoms with van der Waals surface area (Å²) in [6, 6.07) is 5.32. The summed E-state index contributed by atoms with van der Waals surface area (Å²) in [5.74, 6) is 0.774. The van der Waals surface area contributed by atoms with Gasteiger partial charge in [-0.1, -0.05) is 5.16 Å². The number of anilines is 1. The molecular weight excluding hydrogens is 382 g/mol. The molecule has 0 aromatic carbocycles. The second-order valence-corrected chi connectivity index (χ2v) is 7.78. The molecule has 0 radical (unpaired) electrons. The molecule has 9 nitrogen and oxygen atoms in total. The van der Waals surface area contributed by atoms with Gasteiger partial charge in [0.2, 0.25) is 11.8 Å². The summed E-state index contributed by atoms with van der Waals surface area (Å²) in [6.45, 7) is 6.28. The van der Waals surface area contributed by atoms with Crippen LogP contribution in [0, 0.1) is 6.92 Å². The van der Waals surface area contributed by atoms with Crippen LogP contribution in [0.4, 0.5) is 5.82 Å². The molecule has 10 heteroatoms. The van der Waals surface area contributed by atoms with E-state index in [0.717, 1.165) is 4.88 Å². The van der Waals surface area contributed by atoms with Gasteiger partial charge in [0.15, 0.2) is 5.82 Å². The fourth-order valence-corrected chi connectivity index (χ4v) is 3.79. The van der Waals surface area contributed by atoms with Crippen molar-refractivity contribution < 1.29 is 18.9 Å². The van der Waals surface area contributed by atoms with Crippen molar-refractivity contribution in [1.82, 2.24) is 20.3 Å². The average Bonchev–Trinajstić information content (AvgIpc) is 3.29. The second kappa shape index (κ2) is 8.98. The molecule has 3 rings (SSSR count). The third-order valence-electron chi connectivity index (χ3n) is 4.31. The number of carbonyl (C=O) groups excluding carboxylic acids is 3. The van der Waals surface area contributed by atoms with Gasteiger partial charge in [-0.25, -0.2) is 0 Å². The first-order valence-electron chi connectivity index (χ1n) is 8.98. The topological polar surface area (TPSA) is 108 Å². The standard InChI is InChI=1S/C18H23N5O4S/c1-12-9-16(21-27-12)20-17(25)11-22-5-7-23(8-6-22)18(26)15-4-3-14(28-15)10-19-13(2)24/h3-4,9H,5-8,10-11H2,1-2H3,(H,19,24)(H,20,21,25). The Morgan fingerprint density at radius 1 is 1.21 bits per heavy atom. The number of aryl methyl sites for hydroxylation is 1. The zero-order valence-electron chi connectivity index (χ0n) is 15.9. The van der Waals surface area contributed by atoms with Crippen molar-refractivity contribution in [3.05, 3.63) is 33.7 Å². The fourth-order valence-electron chi connectivity index (χ4n) is 2.88. The van der Waals surface area contributed by atoms with E-state index in [1.807, 2.05) is 11.0 Å². The summed E-state index contributed by atoms with van der Waals surface area (Å²) in [5, 5.41) is 9.17. The van der Waals surface area contributed by atoms with E-state index in [1.54, 1.807) is 24.0 Å². The Kier molecular flexibility index (Phi) is 6.42. The Hall–Kier alpha value is -2.72. The lowest BCUT2D eigenvalue weighted by atomic mass is 10.3. The summed E-state index contributed by atoms with van der Waals surface area (Å²) in [6.07, 6.45) is 0. The Labute approximate surface area is 166 Å². The summed E-state index contributed by atoms with van der Waals surface area (Å²) < 4.78 is 4.92. The van der Waals surface area contributed by atoms with E-state index in [1.165, 1.54) is 18.3 Å². The molecule has 0 unspecified atom stereocenters. The van der Waals surface area contributed by atoms with Crippen LogP contribution in [-0.2, 0) is 16.1 Å². The monoisotopic (exact) mass is 405 g/mol. The molecule has 2 aromatic rings. The largest absolute Gasteiger partial charge is 0.360 e. The van der Waals surface area contributed by atoms with E-state index in [9.17, 15) is 14.4 Å².